The molecule has 0 nitrogen and oxygen atoms in total. The molecule has 2 aliphatic carbocycles. The summed E-state index contributed by atoms with van der Waals surface area (Å²) in [6, 6.07) is 0. The van der Waals surface area contributed by atoms with Crippen molar-refractivity contribution in [3.63, 3.8) is 0 Å². The molecule has 0 aromatic heterocycles. The van der Waals surface area contributed by atoms with E-state index in [9.17, 15) is 0 Å². The van der Waals surface area contributed by atoms with Gasteiger partial charge < -0.3 is 0 Å². The molecule has 0 bridgehead atoms. The Kier molecular flexibility index (Phi) is 2.95. The Morgan fingerprint density at radius 2 is 2.40 bits per heavy atom. The third-order valence-corrected chi connectivity index (χ3v) is 3.80. The van der Waals surface area contributed by atoms with Crippen LogP contribution in [-0.4, -0.2) is 0 Å². The predicted molar refractivity (Wildman–Crippen MR) is 66.6 cm³/mol. The molecule has 2 aliphatic rings. The lowest BCUT2D eigenvalue weighted by Crippen LogP contribution is -2.06. The van der Waals surface area contributed by atoms with Crippen LogP contribution in [-0.2, 0) is 0 Å². The van der Waals surface area contributed by atoms with E-state index in [1.54, 1.807) is 5.57 Å². The van der Waals surface area contributed by atoms with Crippen molar-refractivity contribution in [1.82, 2.24) is 0 Å². The van der Waals surface area contributed by atoms with Crippen LogP contribution >= 0.6 is 0 Å². The normalized spacial score (nSPS) is 30.2. The van der Waals surface area contributed by atoms with E-state index in [2.05, 4.69) is 44.4 Å². The number of hydrogen-bond acceptors (Lipinski definition) is 0. The highest BCUT2D eigenvalue weighted by molar-refractivity contribution is 5.35. The van der Waals surface area contributed by atoms with Gasteiger partial charge in [-0.05, 0) is 37.0 Å². The number of hydrogen-bond donors (Lipinski definition) is 0. The van der Waals surface area contributed by atoms with Gasteiger partial charge in [-0.15, -0.1) is 6.58 Å². The number of rotatable bonds is 5. The van der Waals surface area contributed by atoms with E-state index in [1.807, 2.05) is 0 Å². The molecule has 3 atom stereocenters. The molecule has 0 heteroatoms. The summed E-state index contributed by atoms with van der Waals surface area (Å²) in [6.45, 7) is 10.3. The van der Waals surface area contributed by atoms with Crippen molar-refractivity contribution in [3.05, 3.63) is 48.6 Å². The van der Waals surface area contributed by atoms with E-state index in [4.69, 9.17) is 0 Å². The molecule has 1 fully saturated rings. The Balaban J connectivity index is 2.07. The molecule has 0 radical (unpaired) electrons. The highest BCUT2D eigenvalue weighted by atomic mass is 14.5. The lowest BCUT2D eigenvalue weighted by Gasteiger charge is -2.16. The monoisotopic (exact) mass is 200 g/mol. The summed E-state index contributed by atoms with van der Waals surface area (Å²) >= 11 is 0. The lowest BCUT2D eigenvalue weighted by atomic mass is 9.88. The van der Waals surface area contributed by atoms with Crippen LogP contribution in [0.15, 0.2) is 48.6 Å². The molecule has 0 heterocycles. The van der Waals surface area contributed by atoms with Gasteiger partial charge in [-0.2, -0.15) is 0 Å². The van der Waals surface area contributed by atoms with Gasteiger partial charge in [0.2, 0.25) is 0 Å². The quantitative estimate of drug-likeness (QED) is 0.581. The van der Waals surface area contributed by atoms with E-state index >= 15 is 0 Å². The number of allylic oxidation sites excluding steroid dienone is 6. The van der Waals surface area contributed by atoms with Gasteiger partial charge in [-0.1, -0.05) is 49.0 Å². The van der Waals surface area contributed by atoms with Crippen molar-refractivity contribution in [3.8, 4) is 0 Å². The fraction of sp³-hybridized carbons (Fsp3) is 0.467. The maximum absolute atomic E-state index is 4.19. The molecule has 80 valence electrons. The fourth-order valence-corrected chi connectivity index (χ4v) is 2.90. The van der Waals surface area contributed by atoms with E-state index in [1.165, 1.54) is 12.0 Å². The van der Waals surface area contributed by atoms with Gasteiger partial charge in [0.05, 0.1) is 0 Å². The Hall–Kier alpha value is -1.04. The lowest BCUT2D eigenvalue weighted by molar-refractivity contribution is 0.498. The average molecular weight is 200 g/mol. The maximum atomic E-state index is 4.19. The van der Waals surface area contributed by atoms with E-state index in [0.717, 1.165) is 24.7 Å². The first-order chi connectivity index (χ1) is 7.29. The molecule has 3 unspecified atom stereocenters. The molecule has 2 rings (SSSR count). The molecule has 0 N–H and O–H groups in total. The van der Waals surface area contributed by atoms with Crippen molar-refractivity contribution in [2.75, 3.05) is 0 Å². The first kappa shape index (κ1) is 10.5. The summed E-state index contributed by atoms with van der Waals surface area (Å²) in [7, 11) is 0. The van der Waals surface area contributed by atoms with Crippen LogP contribution in [0.2, 0.25) is 0 Å². The molecule has 0 saturated heterocycles. The molecule has 0 aromatic carbocycles. The minimum absolute atomic E-state index is 0.676. The van der Waals surface area contributed by atoms with Crippen LogP contribution in [0, 0.1) is 17.8 Å². The van der Waals surface area contributed by atoms with Gasteiger partial charge in [0.25, 0.3) is 0 Å². The Morgan fingerprint density at radius 3 is 2.87 bits per heavy atom. The van der Waals surface area contributed by atoms with E-state index in [-0.39, 0.29) is 0 Å². The third kappa shape index (κ3) is 1.86. The summed E-state index contributed by atoms with van der Waals surface area (Å²) < 4.78 is 0. The highest BCUT2D eigenvalue weighted by Gasteiger charge is 2.46. The van der Waals surface area contributed by atoms with Crippen LogP contribution < -0.4 is 0 Å². The molecule has 0 aliphatic heterocycles. The molecular formula is C15H20. The smallest absolute Gasteiger partial charge is 0.00686 e. The Morgan fingerprint density at radius 1 is 1.60 bits per heavy atom. The first-order valence-corrected chi connectivity index (χ1v) is 5.94. The van der Waals surface area contributed by atoms with Crippen LogP contribution in [0.25, 0.3) is 0 Å². The standard InChI is InChI=1S/C15H20/c1-4-8-14(12-9-6-7-10-12)15-11(3)13(15)5-2/h4,6-7,9,13-15H,1,3,5,8,10H2,2H3. The Bertz CT molecular complexity index is 330. The van der Waals surface area contributed by atoms with Crippen molar-refractivity contribution in [2.24, 2.45) is 17.8 Å². The summed E-state index contributed by atoms with van der Waals surface area (Å²) in [6.07, 6.45) is 12.3. The van der Waals surface area contributed by atoms with Crippen LogP contribution in [0.5, 0.6) is 0 Å². The molecular weight excluding hydrogens is 180 g/mol. The summed E-state index contributed by atoms with van der Waals surface area (Å²) in [5, 5.41) is 0. The molecule has 0 aromatic rings. The second kappa shape index (κ2) is 4.22. The molecule has 15 heavy (non-hydrogen) atoms. The zero-order valence-electron chi connectivity index (χ0n) is 9.58. The van der Waals surface area contributed by atoms with Crippen molar-refractivity contribution < 1.29 is 0 Å². The maximum Gasteiger partial charge on any atom is -0.00686 e. The zero-order chi connectivity index (χ0) is 10.8. The van der Waals surface area contributed by atoms with Gasteiger partial charge in [0, 0.05) is 0 Å². The largest absolute Gasteiger partial charge is 0.103 e. The summed E-state index contributed by atoms with van der Waals surface area (Å²) in [5.74, 6) is 2.19. The van der Waals surface area contributed by atoms with Crippen LogP contribution in [0.3, 0.4) is 0 Å². The van der Waals surface area contributed by atoms with Gasteiger partial charge >= 0.3 is 0 Å². The molecule has 1 saturated carbocycles. The highest BCUT2D eigenvalue weighted by Crippen LogP contribution is 2.55. The fourth-order valence-electron chi connectivity index (χ4n) is 2.90. The van der Waals surface area contributed by atoms with Crippen molar-refractivity contribution >= 4 is 0 Å². The van der Waals surface area contributed by atoms with E-state index < -0.39 is 0 Å². The summed E-state index contributed by atoms with van der Waals surface area (Å²) in [4.78, 5) is 0. The second-order valence-corrected chi connectivity index (χ2v) is 4.62. The predicted octanol–water partition coefficient (Wildman–Crippen LogP) is 4.28. The Labute approximate surface area is 93.1 Å². The van der Waals surface area contributed by atoms with Crippen LogP contribution in [0.1, 0.15) is 26.2 Å². The van der Waals surface area contributed by atoms with Gasteiger partial charge in [0.15, 0.2) is 0 Å². The van der Waals surface area contributed by atoms with Crippen LogP contribution in [0.4, 0.5) is 0 Å². The van der Waals surface area contributed by atoms with Gasteiger partial charge in [-0.25, -0.2) is 0 Å². The van der Waals surface area contributed by atoms with E-state index in [0.29, 0.717) is 5.92 Å². The molecule has 0 spiro atoms. The summed E-state index contributed by atoms with van der Waals surface area (Å²) in [5.41, 5.74) is 3.05. The zero-order valence-corrected chi connectivity index (χ0v) is 9.58. The third-order valence-electron chi connectivity index (χ3n) is 3.80. The second-order valence-electron chi connectivity index (χ2n) is 4.62. The topological polar surface area (TPSA) is 0 Å². The first-order valence-electron chi connectivity index (χ1n) is 5.94. The van der Waals surface area contributed by atoms with Gasteiger partial charge in [-0.3, -0.25) is 0 Å². The molecule has 0 amide bonds. The van der Waals surface area contributed by atoms with Gasteiger partial charge in [0.1, 0.15) is 0 Å². The minimum atomic E-state index is 0.676. The van der Waals surface area contributed by atoms with Crippen molar-refractivity contribution in [2.45, 2.75) is 26.2 Å². The SMILES string of the molecule is C=CCC(C1=CC=CC1)C1C(=C)C1CC. The minimum Gasteiger partial charge on any atom is -0.103 e. The van der Waals surface area contributed by atoms with Crippen molar-refractivity contribution in [1.29, 1.82) is 0 Å². The average Bonchev–Trinajstić information content (AvgIpc) is 2.69.